The van der Waals surface area contributed by atoms with Crippen LogP contribution in [0.5, 0.6) is 0 Å². The third-order valence-electron chi connectivity index (χ3n) is 2.68. The number of carboxylic acid groups (broad SMARTS) is 1. The number of rotatable bonds is 3. The van der Waals surface area contributed by atoms with Gasteiger partial charge in [-0.25, -0.2) is 0 Å². The van der Waals surface area contributed by atoms with Crippen LogP contribution in [0.4, 0.5) is 0 Å². The average Bonchev–Trinajstić information content (AvgIpc) is 2.49. The summed E-state index contributed by atoms with van der Waals surface area (Å²) in [6, 6.07) is -0.368. The second kappa shape index (κ2) is 3.88. The molecule has 0 aromatic heterocycles. The van der Waals surface area contributed by atoms with Crippen molar-refractivity contribution in [3.05, 3.63) is 0 Å². The van der Waals surface area contributed by atoms with Crippen LogP contribution in [-0.2, 0) is 4.79 Å². The van der Waals surface area contributed by atoms with E-state index in [1.54, 1.807) is 11.8 Å². The molecule has 1 fully saturated rings. The van der Waals surface area contributed by atoms with E-state index in [9.17, 15) is 4.79 Å². The molecule has 1 rings (SSSR count). The average molecular weight is 203 g/mol. The SMILES string of the molecule is CC[C@]1(C(C)C)N[C@H](C(=O)O)CS1. The lowest BCUT2D eigenvalue weighted by Crippen LogP contribution is -2.47. The highest BCUT2D eigenvalue weighted by atomic mass is 32.2. The van der Waals surface area contributed by atoms with Crippen LogP contribution >= 0.6 is 11.8 Å². The van der Waals surface area contributed by atoms with Gasteiger partial charge in [0.05, 0.1) is 4.87 Å². The van der Waals surface area contributed by atoms with Gasteiger partial charge >= 0.3 is 5.97 Å². The van der Waals surface area contributed by atoms with E-state index in [1.165, 1.54) is 0 Å². The Kier molecular flexibility index (Phi) is 3.24. The van der Waals surface area contributed by atoms with E-state index >= 15 is 0 Å². The largest absolute Gasteiger partial charge is 0.480 e. The van der Waals surface area contributed by atoms with Gasteiger partial charge < -0.3 is 5.11 Å². The van der Waals surface area contributed by atoms with E-state index in [0.717, 1.165) is 6.42 Å². The second-order valence-electron chi connectivity index (χ2n) is 3.74. The molecule has 76 valence electrons. The normalized spacial score (nSPS) is 34.0. The van der Waals surface area contributed by atoms with Gasteiger partial charge in [-0.2, -0.15) is 0 Å². The molecule has 3 nitrogen and oxygen atoms in total. The van der Waals surface area contributed by atoms with Crippen LogP contribution in [0.25, 0.3) is 0 Å². The van der Waals surface area contributed by atoms with Crippen molar-refractivity contribution >= 4 is 17.7 Å². The maximum absolute atomic E-state index is 10.8. The summed E-state index contributed by atoms with van der Waals surface area (Å²) < 4.78 is 0. The fraction of sp³-hybridized carbons (Fsp3) is 0.889. The van der Waals surface area contributed by atoms with Crippen molar-refractivity contribution in [2.24, 2.45) is 5.92 Å². The van der Waals surface area contributed by atoms with Crippen LogP contribution in [0.3, 0.4) is 0 Å². The van der Waals surface area contributed by atoms with Gasteiger partial charge in [0.15, 0.2) is 0 Å². The van der Waals surface area contributed by atoms with Crippen LogP contribution in [0, 0.1) is 5.92 Å². The van der Waals surface area contributed by atoms with Gasteiger partial charge in [-0.3, -0.25) is 10.1 Å². The van der Waals surface area contributed by atoms with Crippen molar-refractivity contribution < 1.29 is 9.90 Å². The molecular formula is C9H17NO2S. The molecular weight excluding hydrogens is 186 g/mol. The molecule has 2 atom stereocenters. The van der Waals surface area contributed by atoms with Crippen molar-refractivity contribution in [3.8, 4) is 0 Å². The molecule has 1 aliphatic heterocycles. The standard InChI is InChI=1S/C9H17NO2S/c1-4-9(6(2)3)10-7(5-13-9)8(11)12/h6-7,10H,4-5H2,1-3H3,(H,11,12)/t7-,9-/m0/s1. The number of nitrogens with one attached hydrogen (secondary N) is 1. The third-order valence-corrected chi connectivity index (χ3v) is 4.58. The van der Waals surface area contributed by atoms with Crippen LogP contribution in [0.15, 0.2) is 0 Å². The summed E-state index contributed by atoms with van der Waals surface area (Å²) in [6.45, 7) is 6.37. The third kappa shape index (κ3) is 1.99. The summed E-state index contributed by atoms with van der Waals surface area (Å²) >= 11 is 1.74. The Labute approximate surface area is 83.3 Å². The zero-order chi connectivity index (χ0) is 10.1. The van der Waals surface area contributed by atoms with Gasteiger partial charge in [-0.05, 0) is 12.3 Å². The van der Waals surface area contributed by atoms with Crippen molar-refractivity contribution in [2.75, 3.05) is 5.75 Å². The fourth-order valence-corrected chi connectivity index (χ4v) is 3.14. The van der Waals surface area contributed by atoms with E-state index in [4.69, 9.17) is 5.11 Å². The molecule has 0 bridgehead atoms. The summed E-state index contributed by atoms with van der Waals surface area (Å²) in [5.41, 5.74) is 0. The monoisotopic (exact) mass is 203 g/mol. The molecule has 0 unspecified atom stereocenters. The summed E-state index contributed by atoms with van der Waals surface area (Å²) in [7, 11) is 0. The molecule has 0 spiro atoms. The van der Waals surface area contributed by atoms with Gasteiger partial charge in [-0.1, -0.05) is 20.8 Å². The number of carboxylic acids is 1. The first-order valence-electron chi connectivity index (χ1n) is 4.66. The summed E-state index contributed by atoms with van der Waals surface area (Å²) in [6.07, 6.45) is 0.971. The molecule has 1 heterocycles. The van der Waals surface area contributed by atoms with Crippen molar-refractivity contribution in [3.63, 3.8) is 0 Å². The summed E-state index contributed by atoms with van der Waals surface area (Å²) in [4.78, 5) is 10.7. The Morgan fingerprint density at radius 3 is 2.62 bits per heavy atom. The molecule has 1 aliphatic rings. The van der Waals surface area contributed by atoms with Crippen molar-refractivity contribution in [2.45, 2.75) is 38.1 Å². The Morgan fingerprint density at radius 2 is 2.38 bits per heavy atom. The van der Waals surface area contributed by atoms with E-state index in [2.05, 4.69) is 26.1 Å². The molecule has 0 saturated carbocycles. The van der Waals surface area contributed by atoms with E-state index in [0.29, 0.717) is 11.7 Å². The lowest BCUT2D eigenvalue weighted by molar-refractivity contribution is -0.139. The van der Waals surface area contributed by atoms with Crippen LogP contribution in [0.1, 0.15) is 27.2 Å². The number of aliphatic carboxylic acids is 1. The molecule has 0 aliphatic carbocycles. The number of carbonyl (C=O) groups is 1. The maximum Gasteiger partial charge on any atom is 0.321 e. The smallest absolute Gasteiger partial charge is 0.321 e. The van der Waals surface area contributed by atoms with E-state index in [-0.39, 0.29) is 10.9 Å². The van der Waals surface area contributed by atoms with E-state index < -0.39 is 5.97 Å². The van der Waals surface area contributed by atoms with Gasteiger partial charge in [-0.15, -0.1) is 11.8 Å². The van der Waals surface area contributed by atoms with Crippen LogP contribution in [-0.4, -0.2) is 27.7 Å². The van der Waals surface area contributed by atoms with Crippen LogP contribution in [0.2, 0.25) is 0 Å². The highest BCUT2D eigenvalue weighted by Crippen LogP contribution is 2.39. The first-order chi connectivity index (χ1) is 6.02. The minimum atomic E-state index is -0.733. The van der Waals surface area contributed by atoms with Crippen LogP contribution < -0.4 is 5.32 Å². The minimum absolute atomic E-state index is 0.0247. The quantitative estimate of drug-likeness (QED) is 0.730. The highest BCUT2D eigenvalue weighted by molar-refractivity contribution is 8.01. The molecule has 0 radical (unpaired) electrons. The molecule has 0 aromatic rings. The predicted octanol–water partition coefficient (Wildman–Crippen LogP) is 1.54. The molecule has 4 heteroatoms. The zero-order valence-corrected chi connectivity index (χ0v) is 9.15. The molecule has 13 heavy (non-hydrogen) atoms. The topological polar surface area (TPSA) is 49.3 Å². The predicted molar refractivity (Wildman–Crippen MR) is 54.9 cm³/mol. The lowest BCUT2D eigenvalue weighted by Gasteiger charge is -2.32. The maximum atomic E-state index is 10.8. The molecule has 1 saturated heterocycles. The Bertz CT molecular complexity index is 208. The molecule has 2 N–H and O–H groups in total. The van der Waals surface area contributed by atoms with Gasteiger partial charge in [0.25, 0.3) is 0 Å². The van der Waals surface area contributed by atoms with Gasteiger partial charge in [0.1, 0.15) is 6.04 Å². The van der Waals surface area contributed by atoms with Gasteiger partial charge in [0.2, 0.25) is 0 Å². The minimum Gasteiger partial charge on any atom is -0.480 e. The first-order valence-corrected chi connectivity index (χ1v) is 5.65. The van der Waals surface area contributed by atoms with Crippen molar-refractivity contribution in [1.82, 2.24) is 5.32 Å². The van der Waals surface area contributed by atoms with Gasteiger partial charge in [0, 0.05) is 5.75 Å². The zero-order valence-electron chi connectivity index (χ0n) is 8.33. The first kappa shape index (κ1) is 10.9. The molecule has 0 amide bonds. The highest BCUT2D eigenvalue weighted by Gasteiger charge is 2.42. The van der Waals surface area contributed by atoms with Crippen molar-refractivity contribution in [1.29, 1.82) is 0 Å². The molecule has 0 aromatic carbocycles. The summed E-state index contributed by atoms with van der Waals surface area (Å²) in [5, 5.41) is 12.1. The second-order valence-corrected chi connectivity index (χ2v) is 5.09. The lowest BCUT2D eigenvalue weighted by atomic mass is 10.00. The number of hydrogen-bond acceptors (Lipinski definition) is 3. The number of hydrogen-bond donors (Lipinski definition) is 2. The van der Waals surface area contributed by atoms with E-state index in [1.807, 2.05) is 0 Å². The Balaban J connectivity index is 2.68. The Hall–Kier alpha value is -0.220. The number of thioether (sulfide) groups is 1. The fourth-order valence-electron chi connectivity index (χ4n) is 1.69. The Morgan fingerprint density at radius 1 is 1.77 bits per heavy atom. The summed E-state index contributed by atoms with van der Waals surface area (Å²) in [5.74, 6) is 0.414.